The van der Waals surface area contributed by atoms with Crippen LogP contribution < -0.4 is 16.0 Å². The molecule has 0 aliphatic heterocycles. The van der Waals surface area contributed by atoms with Gasteiger partial charge in [0.15, 0.2) is 5.60 Å². The number of Topliss-reactive ketones (excluding diaryl/α,β-unsaturated/α-hetero) is 2. The van der Waals surface area contributed by atoms with Crippen LogP contribution in [0.25, 0.3) is 5.76 Å². The molecule has 0 bridgehead atoms. The van der Waals surface area contributed by atoms with Gasteiger partial charge in [0.25, 0.3) is 5.91 Å². The lowest BCUT2D eigenvalue weighted by Gasteiger charge is -2.51. The number of hydrogen-bond acceptors (Lipinski definition) is 10. The van der Waals surface area contributed by atoms with E-state index in [1.165, 1.54) is 0 Å². The smallest absolute Gasteiger partial charge is 0.407 e. The second-order valence-corrected chi connectivity index (χ2v) is 11.4. The number of likely N-dealkylation sites (N-methyl/N-ethyl adjacent to an activating group) is 1. The molecule has 1 fully saturated rings. The summed E-state index contributed by atoms with van der Waals surface area (Å²) in [6.45, 7) is 3.56. The Morgan fingerprint density at radius 1 is 1.17 bits per heavy atom. The molecular weight excluding hydrogens is 532 g/mol. The standard InChI is InChI=1S/C29H38N4O8/c1-7-8-41-28(39)31-12-15-11-18(32(3)4)16-9-14-10-17-22(33(5)6)13(2)19(27(30)38)25(36)29(17,40)26(37)20(14)24(35)21(16)23(15)34/h11,14,17,22,34-35,40H,7-10,12H2,1-6H3,(H2,30,38)(H,31,39)/t14-,17-,22+,29+/m0/s1. The number of ketones is 2. The zero-order chi connectivity index (χ0) is 30.5. The number of nitrogens with two attached hydrogens (primary N) is 1. The highest BCUT2D eigenvalue weighted by Crippen LogP contribution is 2.53. The minimum atomic E-state index is -2.63. The van der Waals surface area contributed by atoms with Crippen LogP contribution in [0.15, 0.2) is 22.8 Å². The van der Waals surface area contributed by atoms with E-state index in [2.05, 4.69) is 5.32 Å². The van der Waals surface area contributed by atoms with Crippen molar-refractivity contribution in [1.82, 2.24) is 10.2 Å². The number of amides is 2. The van der Waals surface area contributed by atoms with E-state index >= 15 is 0 Å². The van der Waals surface area contributed by atoms with Crippen LogP contribution in [-0.4, -0.2) is 90.2 Å². The number of carbonyl (C=O) groups excluding carboxylic acids is 4. The molecule has 3 aliphatic rings. The van der Waals surface area contributed by atoms with Gasteiger partial charge in [-0.25, -0.2) is 4.79 Å². The molecule has 0 unspecified atom stereocenters. The number of nitrogens with zero attached hydrogens (tertiary/aromatic N) is 2. The van der Waals surface area contributed by atoms with Gasteiger partial charge in [0.1, 0.15) is 11.5 Å². The maximum Gasteiger partial charge on any atom is 0.407 e. The average molecular weight is 571 g/mol. The SMILES string of the molecule is CCCOC(=O)NCc1cc(N(C)C)c2c(c1O)C(O)=C1C(=O)[C@]3(O)C(=O)C(C(N)=O)=C(C)[C@@H](N(C)C)[C@@H]3C[C@@H]1C2. The number of aromatic hydroxyl groups is 1. The Labute approximate surface area is 238 Å². The zero-order valence-corrected chi connectivity index (χ0v) is 24.2. The molecule has 41 heavy (non-hydrogen) atoms. The highest BCUT2D eigenvalue weighted by atomic mass is 16.5. The number of alkyl carbamates (subject to hydrolysis) is 1. The first-order valence-corrected chi connectivity index (χ1v) is 13.6. The number of aliphatic hydroxyl groups is 2. The van der Waals surface area contributed by atoms with Crippen molar-refractivity contribution in [2.24, 2.45) is 17.6 Å². The van der Waals surface area contributed by atoms with E-state index in [4.69, 9.17) is 10.5 Å². The Balaban J connectivity index is 1.87. The van der Waals surface area contributed by atoms with Crippen LogP contribution in [0.3, 0.4) is 0 Å². The summed E-state index contributed by atoms with van der Waals surface area (Å²) in [4.78, 5) is 55.5. The summed E-state index contributed by atoms with van der Waals surface area (Å²) in [6, 6.07) is 1.06. The fourth-order valence-electron chi connectivity index (χ4n) is 6.68. The Hall–Kier alpha value is -3.90. The molecule has 1 aromatic rings. The predicted molar refractivity (Wildman–Crippen MR) is 150 cm³/mol. The molecule has 4 atom stereocenters. The summed E-state index contributed by atoms with van der Waals surface area (Å²) in [5, 5.41) is 37.2. The van der Waals surface area contributed by atoms with E-state index in [0.717, 1.165) is 0 Å². The van der Waals surface area contributed by atoms with Crippen molar-refractivity contribution in [2.45, 2.75) is 51.3 Å². The number of fused-ring (bicyclic) bond motifs is 3. The Morgan fingerprint density at radius 3 is 2.39 bits per heavy atom. The van der Waals surface area contributed by atoms with Gasteiger partial charge in [0, 0.05) is 49.4 Å². The molecule has 6 N–H and O–H groups in total. The monoisotopic (exact) mass is 570 g/mol. The Bertz CT molecular complexity index is 1400. The van der Waals surface area contributed by atoms with Crippen LogP contribution in [0.2, 0.25) is 0 Å². The lowest BCUT2D eigenvalue weighted by Crippen LogP contribution is -2.66. The molecule has 0 spiro atoms. The van der Waals surface area contributed by atoms with E-state index in [0.29, 0.717) is 23.2 Å². The summed E-state index contributed by atoms with van der Waals surface area (Å²) >= 11 is 0. The van der Waals surface area contributed by atoms with Crippen molar-refractivity contribution in [3.05, 3.63) is 39.5 Å². The average Bonchev–Trinajstić information content (AvgIpc) is 2.88. The lowest BCUT2D eigenvalue weighted by atomic mass is 9.56. The molecule has 0 heterocycles. The van der Waals surface area contributed by atoms with Crippen LogP contribution in [0.5, 0.6) is 5.75 Å². The van der Waals surface area contributed by atoms with Crippen LogP contribution in [0.4, 0.5) is 10.5 Å². The second kappa shape index (κ2) is 10.8. The lowest BCUT2D eigenvalue weighted by molar-refractivity contribution is -0.160. The largest absolute Gasteiger partial charge is 0.507 e. The van der Waals surface area contributed by atoms with Crippen molar-refractivity contribution in [3.8, 4) is 5.75 Å². The zero-order valence-electron chi connectivity index (χ0n) is 24.2. The number of anilines is 1. The molecule has 1 aromatic carbocycles. The van der Waals surface area contributed by atoms with Crippen LogP contribution >= 0.6 is 0 Å². The van der Waals surface area contributed by atoms with Gasteiger partial charge in [0.05, 0.1) is 17.7 Å². The van der Waals surface area contributed by atoms with Gasteiger partial charge in [-0.15, -0.1) is 0 Å². The first-order chi connectivity index (χ1) is 19.2. The van der Waals surface area contributed by atoms with E-state index in [-0.39, 0.29) is 48.4 Å². The number of aliphatic hydroxyl groups excluding tert-OH is 1. The van der Waals surface area contributed by atoms with Crippen molar-refractivity contribution in [2.75, 3.05) is 39.7 Å². The summed E-state index contributed by atoms with van der Waals surface area (Å²) < 4.78 is 5.03. The van der Waals surface area contributed by atoms with Gasteiger partial charge in [-0.05, 0) is 63.4 Å². The minimum Gasteiger partial charge on any atom is -0.507 e. The molecule has 0 radical (unpaired) electrons. The van der Waals surface area contributed by atoms with Crippen molar-refractivity contribution in [1.29, 1.82) is 0 Å². The Kier molecular flexibility index (Phi) is 7.94. The predicted octanol–water partition coefficient (Wildman–Crippen LogP) is 1.17. The fourth-order valence-corrected chi connectivity index (χ4v) is 6.68. The first-order valence-electron chi connectivity index (χ1n) is 13.6. The van der Waals surface area contributed by atoms with Crippen LogP contribution in [0.1, 0.15) is 43.4 Å². The fraction of sp³-hybridized carbons (Fsp3) is 0.517. The number of nitrogens with one attached hydrogen (secondary N) is 1. The number of phenols is 1. The molecule has 2 amide bonds. The number of hydrogen-bond donors (Lipinski definition) is 5. The van der Waals surface area contributed by atoms with Crippen molar-refractivity contribution < 1.29 is 39.2 Å². The summed E-state index contributed by atoms with van der Waals surface area (Å²) in [5.41, 5.74) is 4.17. The van der Waals surface area contributed by atoms with Gasteiger partial charge >= 0.3 is 6.09 Å². The van der Waals surface area contributed by atoms with Crippen LogP contribution in [0, 0.1) is 11.8 Å². The van der Waals surface area contributed by atoms with Crippen molar-refractivity contribution >= 4 is 35.0 Å². The van der Waals surface area contributed by atoms with Gasteiger partial charge in [-0.2, -0.15) is 0 Å². The summed E-state index contributed by atoms with van der Waals surface area (Å²) in [6.07, 6.45) is 0.355. The highest BCUT2D eigenvalue weighted by molar-refractivity contribution is 6.33. The number of benzene rings is 1. The second-order valence-electron chi connectivity index (χ2n) is 11.4. The van der Waals surface area contributed by atoms with E-state index in [1.54, 1.807) is 51.0 Å². The maximum absolute atomic E-state index is 14.1. The summed E-state index contributed by atoms with van der Waals surface area (Å²) in [5.74, 6) is -5.52. The number of phenolic OH excluding ortho intramolecular Hbond substituents is 1. The number of rotatable bonds is 7. The molecule has 4 rings (SSSR count). The molecule has 222 valence electrons. The van der Waals surface area contributed by atoms with E-state index < -0.39 is 58.4 Å². The highest BCUT2D eigenvalue weighted by Gasteiger charge is 2.64. The molecular formula is C29H38N4O8. The third-order valence-electron chi connectivity index (χ3n) is 8.42. The topological polar surface area (TPSA) is 183 Å². The Morgan fingerprint density at radius 2 is 1.83 bits per heavy atom. The third-order valence-corrected chi connectivity index (χ3v) is 8.42. The molecule has 12 heteroatoms. The van der Waals surface area contributed by atoms with Gasteiger partial charge in [-0.3, -0.25) is 14.4 Å². The van der Waals surface area contributed by atoms with Gasteiger partial charge in [-0.1, -0.05) is 6.92 Å². The molecule has 0 saturated heterocycles. The molecule has 12 nitrogen and oxygen atoms in total. The number of primary amides is 1. The maximum atomic E-state index is 14.1. The molecule has 1 saturated carbocycles. The van der Waals surface area contributed by atoms with Crippen LogP contribution in [-0.2, 0) is 32.1 Å². The van der Waals surface area contributed by atoms with Crippen molar-refractivity contribution in [3.63, 3.8) is 0 Å². The van der Waals surface area contributed by atoms with Gasteiger partial charge < -0.3 is 40.9 Å². The molecule has 3 aliphatic carbocycles. The third kappa shape index (κ3) is 4.64. The summed E-state index contributed by atoms with van der Waals surface area (Å²) in [7, 11) is 7.04. The van der Waals surface area contributed by atoms with E-state index in [1.807, 2.05) is 6.92 Å². The van der Waals surface area contributed by atoms with Gasteiger partial charge in [0.2, 0.25) is 11.6 Å². The quantitative estimate of drug-likeness (QED) is 0.236. The van der Waals surface area contributed by atoms with E-state index in [9.17, 15) is 34.5 Å². The number of ether oxygens (including phenoxy) is 1. The first kappa shape index (κ1) is 30.1. The normalized spacial score (nSPS) is 25.5. The number of carbonyl (C=O) groups is 4. The molecule has 0 aromatic heterocycles. The minimum absolute atomic E-state index is 0.00848.